The van der Waals surface area contributed by atoms with Crippen molar-refractivity contribution in [2.45, 2.75) is 50.6 Å². The van der Waals surface area contributed by atoms with Gasteiger partial charge in [0.05, 0.1) is 0 Å². The van der Waals surface area contributed by atoms with E-state index in [-0.39, 0.29) is 5.91 Å². The molecule has 1 saturated carbocycles. The topological polar surface area (TPSA) is 23.6 Å². The molecule has 0 unspecified atom stereocenters. The molecule has 3 nitrogen and oxygen atoms in total. The number of amides is 1. The van der Waals surface area contributed by atoms with Gasteiger partial charge in [0.1, 0.15) is 0 Å². The molecule has 4 rings (SSSR count). The molecule has 0 radical (unpaired) electrons. The van der Waals surface area contributed by atoms with E-state index in [4.69, 9.17) is 0 Å². The first-order chi connectivity index (χ1) is 12.2. The lowest BCUT2D eigenvalue weighted by Crippen LogP contribution is -2.41. The number of carbonyl (C=O) groups excluding carboxylic acids is 1. The molecule has 2 aromatic rings. The summed E-state index contributed by atoms with van der Waals surface area (Å²) in [7, 11) is 1.99. The van der Waals surface area contributed by atoms with Crippen LogP contribution < -0.4 is 0 Å². The van der Waals surface area contributed by atoms with Gasteiger partial charge in [-0.2, -0.15) is 0 Å². The quantitative estimate of drug-likeness (QED) is 0.833. The molecule has 1 atom stereocenters. The molecule has 3 heteroatoms. The van der Waals surface area contributed by atoms with Crippen molar-refractivity contribution in [1.29, 1.82) is 0 Å². The molecule has 1 aliphatic carbocycles. The number of hydrogen-bond acceptors (Lipinski definition) is 2. The van der Waals surface area contributed by atoms with Crippen molar-refractivity contribution in [1.82, 2.24) is 9.80 Å². The number of fused-ring (bicyclic) bond motifs is 1. The first kappa shape index (κ1) is 16.6. The molecule has 1 heterocycles. The lowest BCUT2D eigenvalue weighted by atomic mass is 9.94. The van der Waals surface area contributed by atoms with Crippen molar-refractivity contribution in [3.05, 3.63) is 48.0 Å². The lowest BCUT2D eigenvalue weighted by Gasteiger charge is -2.32. The highest BCUT2D eigenvalue weighted by Gasteiger charge is 2.33. The third-order valence-corrected chi connectivity index (χ3v) is 6.17. The zero-order valence-electron chi connectivity index (χ0n) is 15.2. The molecule has 1 saturated heterocycles. The summed E-state index contributed by atoms with van der Waals surface area (Å²) in [5, 5.41) is 2.20. The lowest BCUT2D eigenvalue weighted by molar-refractivity contribution is 0.0728. The monoisotopic (exact) mass is 336 g/mol. The second-order valence-electron chi connectivity index (χ2n) is 7.67. The van der Waals surface area contributed by atoms with E-state index >= 15 is 0 Å². The second-order valence-corrected chi connectivity index (χ2v) is 7.67. The molecule has 2 aliphatic rings. The normalized spacial score (nSPS) is 22.4. The molecule has 0 N–H and O–H groups in total. The summed E-state index contributed by atoms with van der Waals surface area (Å²) in [5.41, 5.74) is 0.830. The van der Waals surface area contributed by atoms with E-state index in [1.165, 1.54) is 32.1 Å². The Bertz CT molecular complexity index is 745. The van der Waals surface area contributed by atoms with Gasteiger partial charge < -0.3 is 4.90 Å². The van der Waals surface area contributed by atoms with Crippen LogP contribution in [0, 0.1) is 0 Å². The zero-order valence-corrected chi connectivity index (χ0v) is 15.2. The third-order valence-electron chi connectivity index (χ3n) is 6.17. The molecule has 0 spiro atoms. The average Bonchev–Trinajstić information content (AvgIpc) is 3.17. The van der Waals surface area contributed by atoms with E-state index in [9.17, 15) is 4.79 Å². The third kappa shape index (κ3) is 3.30. The summed E-state index contributed by atoms with van der Waals surface area (Å²) in [4.78, 5) is 17.8. The molecule has 0 bridgehead atoms. The van der Waals surface area contributed by atoms with Gasteiger partial charge in [0.25, 0.3) is 5.91 Å². The summed E-state index contributed by atoms with van der Waals surface area (Å²) in [6.07, 6.45) is 7.92. The van der Waals surface area contributed by atoms with E-state index in [0.29, 0.717) is 6.04 Å². The van der Waals surface area contributed by atoms with Crippen LogP contribution in [0.3, 0.4) is 0 Å². The minimum absolute atomic E-state index is 0.160. The van der Waals surface area contributed by atoms with Gasteiger partial charge in [-0.05, 0) is 36.1 Å². The number of likely N-dealkylation sites (N-methyl/N-ethyl adjacent to an activating group) is 1. The Kier molecular flexibility index (Phi) is 4.76. The van der Waals surface area contributed by atoms with Crippen LogP contribution >= 0.6 is 0 Å². The van der Waals surface area contributed by atoms with Crippen molar-refractivity contribution < 1.29 is 4.79 Å². The summed E-state index contributed by atoms with van der Waals surface area (Å²) < 4.78 is 0. The van der Waals surface area contributed by atoms with Crippen LogP contribution in [0.25, 0.3) is 10.8 Å². The minimum Gasteiger partial charge on any atom is -0.337 e. The van der Waals surface area contributed by atoms with Crippen LogP contribution in [-0.2, 0) is 0 Å². The average molecular weight is 336 g/mol. The van der Waals surface area contributed by atoms with Gasteiger partial charge in [-0.1, -0.05) is 55.7 Å². The van der Waals surface area contributed by atoms with Crippen molar-refractivity contribution in [3.8, 4) is 0 Å². The van der Waals surface area contributed by atoms with Crippen molar-refractivity contribution in [2.24, 2.45) is 0 Å². The minimum atomic E-state index is 0.160. The van der Waals surface area contributed by atoms with Crippen molar-refractivity contribution in [2.75, 3.05) is 20.1 Å². The Morgan fingerprint density at radius 3 is 2.60 bits per heavy atom. The second kappa shape index (κ2) is 7.17. The maximum atomic E-state index is 13.1. The van der Waals surface area contributed by atoms with E-state index < -0.39 is 0 Å². The summed E-state index contributed by atoms with van der Waals surface area (Å²) in [6.45, 7) is 2.18. The number of likely N-dealkylation sites (tertiary alicyclic amines) is 1. The molecular weight excluding hydrogens is 308 g/mol. The van der Waals surface area contributed by atoms with Gasteiger partial charge in [0, 0.05) is 37.8 Å². The Morgan fingerprint density at radius 1 is 1.00 bits per heavy atom. The van der Waals surface area contributed by atoms with Crippen molar-refractivity contribution >= 4 is 16.7 Å². The van der Waals surface area contributed by atoms with Gasteiger partial charge in [-0.15, -0.1) is 0 Å². The smallest absolute Gasteiger partial charge is 0.254 e. The molecular formula is C22H28N2O. The highest BCUT2D eigenvalue weighted by atomic mass is 16.2. The predicted octanol–water partition coefficient (Wildman–Crippen LogP) is 4.32. The Morgan fingerprint density at radius 2 is 1.76 bits per heavy atom. The summed E-state index contributed by atoms with van der Waals surface area (Å²) in [5.74, 6) is 0.160. The Labute approximate surface area is 150 Å². The number of carbonyl (C=O) groups is 1. The first-order valence-corrected chi connectivity index (χ1v) is 9.73. The fourth-order valence-corrected chi connectivity index (χ4v) is 4.63. The van der Waals surface area contributed by atoms with E-state index in [0.717, 1.165) is 41.9 Å². The molecule has 2 aromatic carbocycles. The van der Waals surface area contributed by atoms with E-state index in [1.807, 2.05) is 36.2 Å². The van der Waals surface area contributed by atoms with Gasteiger partial charge >= 0.3 is 0 Å². The molecule has 25 heavy (non-hydrogen) atoms. The van der Waals surface area contributed by atoms with Gasteiger partial charge in [0.2, 0.25) is 0 Å². The number of nitrogens with zero attached hydrogens (tertiary/aromatic N) is 2. The highest BCUT2D eigenvalue weighted by Crippen LogP contribution is 2.28. The predicted molar refractivity (Wildman–Crippen MR) is 103 cm³/mol. The molecule has 0 aromatic heterocycles. The Hall–Kier alpha value is -1.87. The number of benzene rings is 2. The van der Waals surface area contributed by atoms with E-state index in [2.05, 4.69) is 23.1 Å². The summed E-state index contributed by atoms with van der Waals surface area (Å²) in [6, 6.07) is 15.3. The van der Waals surface area contributed by atoms with Crippen LogP contribution in [0.2, 0.25) is 0 Å². The SMILES string of the molecule is CN(C(=O)c1cccc2ccccc12)[C@H]1CCN(C2CCCCC2)C1. The van der Waals surface area contributed by atoms with Crippen LogP contribution in [0.15, 0.2) is 42.5 Å². The molecule has 2 fully saturated rings. The zero-order chi connectivity index (χ0) is 17.2. The Balaban J connectivity index is 1.49. The molecule has 132 valence electrons. The largest absolute Gasteiger partial charge is 0.337 e. The van der Waals surface area contributed by atoms with Gasteiger partial charge in [-0.3, -0.25) is 9.69 Å². The van der Waals surface area contributed by atoms with Crippen molar-refractivity contribution in [3.63, 3.8) is 0 Å². The standard InChI is InChI=1S/C22H28N2O/c1-23(19-14-15-24(16-19)18-10-3-2-4-11-18)22(25)21-13-7-9-17-8-5-6-12-20(17)21/h5-9,12-13,18-19H,2-4,10-11,14-16H2,1H3/t19-/m0/s1. The fourth-order valence-electron chi connectivity index (χ4n) is 4.63. The van der Waals surface area contributed by atoms with Crippen LogP contribution in [0.4, 0.5) is 0 Å². The van der Waals surface area contributed by atoms with Crippen LogP contribution in [-0.4, -0.2) is 47.9 Å². The van der Waals surface area contributed by atoms with Crippen LogP contribution in [0.1, 0.15) is 48.9 Å². The number of hydrogen-bond donors (Lipinski definition) is 0. The van der Waals surface area contributed by atoms with Gasteiger partial charge in [0.15, 0.2) is 0 Å². The van der Waals surface area contributed by atoms with Crippen LogP contribution in [0.5, 0.6) is 0 Å². The first-order valence-electron chi connectivity index (χ1n) is 9.73. The fraction of sp³-hybridized carbons (Fsp3) is 0.500. The summed E-state index contributed by atoms with van der Waals surface area (Å²) >= 11 is 0. The number of rotatable bonds is 3. The maximum absolute atomic E-state index is 13.1. The molecule has 1 aliphatic heterocycles. The van der Waals surface area contributed by atoms with E-state index in [1.54, 1.807) is 0 Å². The molecule has 1 amide bonds. The van der Waals surface area contributed by atoms with Gasteiger partial charge in [-0.25, -0.2) is 0 Å². The maximum Gasteiger partial charge on any atom is 0.254 e. The highest BCUT2D eigenvalue weighted by molar-refractivity contribution is 6.07.